The lowest BCUT2D eigenvalue weighted by atomic mass is 9.76. The van der Waals surface area contributed by atoms with Crippen LogP contribution in [0.3, 0.4) is 0 Å². The number of aryl methyl sites for hydroxylation is 1. The molecule has 2 atom stereocenters. The van der Waals surface area contributed by atoms with Crippen molar-refractivity contribution >= 4 is 5.57 Å². The summed E-state index contributed by atoms with van der Waals surface area (Å²) in [7, 11) is 2.01. The Morgan fingerprint density at radius 3 is 2.79 bits per heavy atom. The molecule has 2 aliphatic rings. The second kappa shape index (κ2) is 6.87. The van der Waals surface area contributed by atoms with Gasteiger partial charge in [0, 0.05) is 23.9 Å². The van der Waals surface area contributed by atoms with Gasteiger partial charge in [-0.15, -0.1) is 16.8 Å². The average Bonchev–Trinajstić information content (AvgIpc) is 3.22. The normalized spacial score (nSPS) is 23.8. The van der Waals surface area contributed by atoms with Crippen LogP contribution in [0.4, 0.5) is 0 Å². The molecule has 5 heteroatoms. The van der Waals surface area contributed by atoms with E-state index in [0.717, 1.165) is 37.0 Å². The van der Waals surface area contributed by atoms with Crippen LogP contribution in [0.5, 0.6) is 0 Å². The maximum absolute atomic E-state index is 6.10. The van der Waals surface area contributed by atoms with E-state index in [1.165, 1.54) is 16.8 Å². The Morgan fingerprint density at radius 1 is 1.32 bits per heavy atom. The van der Waals surface area contributed by atoms with E-state index in [-0.39, 0.29) is 0 Å². The molecule has 0 amide bonds. The fraction of sp³-hybridized carbons (Fsp3) is 0.522. The van der Waals surface area contributed by atoms with Crippen LogP contribution in [0.25, 0.3) is 17.2 Å². The van der Waals surface area contributed by atoms with Crippen molar-refractivity contribution in [3.8, 4) is 11.6 Å². The zero-order valence-electron chi connectivity index (χ0n) is 17.6. The van der Waals surface area contributed by atoms with Crippen molar-refractivity contribution < 1.29 is 4.42 Å². The summed E-state index contributed by atoms with van der Waals surface area (Å²) >= 11 is 0. The molecular weight excluding hydrogens is 348 g/mol. The third kappa shape index (κ3) is 3.27. The first-order valence-electron chi connectivity index (χ1n) is 10.2. The summed E-state index contributed by atoms with van der Waals surface area (Å²) < 4.78 is 8.09. The number of aromatic nitrogens is 4. The van der Waals surface area contributed by atoms with Crippen molar-refractivity contribution in [1.29, 1.82) is 0 Å². The molecule has 0 fully saturated rings. The minimum atomic E-state index is 0.311. The highest BCUT2D eigenvalue weighted by Gasteiger charge is 2.32. The predicted molar refractivity (Wildman–Crippen MR) is 112 cm³/mol. The van der Waals surface area contributed by atoms with Crippen LogP contribution in [-0.4, -0.2) is 20.0 Å². The number of nitrogens with zero attached hydrogens (tertiary/aromatic N) is 4. The zero-order valence-corrected chi connectivity index (χ0v) is 17.6. The smallest absolute Gasteiger partial charge is 0.268 e. The molecule has 5 nitrogen and oxygen atoms in total. The highest BCUT2D eigenvalue weighted by Crippen LogP contribution is 2.39. The monoisotopic (exact) mass is 378 g/mol. The van der Waals surface area contributed by atoms with Gasteiger partial charge in [0.1, 0.15) is 0 Å². The van der Waals surface area contributed by atoms with Gasteiger partial charge in [0.15, 0.2) is 5.69 Å². The lowest BCUT2D eigenvalue weighted by molar-refractivity contribution is 0.307. The van der Waals surface area contributed by atoms with Crippen molar-refractivity contribution in [1.82, 2.24) is 20.0 Å². The molecule has 2 aromatic rings. The van der Waals surface area contributed by atoms with Crippen LogP contribution >= 0.6 is 0 Å². The van der Waals surface area contributed by atoms with E-state index in [1.54, 1.807) is 0 Å². The Morgan fingerprint density at radius 2 is 2.07 bits per heavy atom. The third-order valence-electron chi connectivity index (χ3n) is 6.31. The van der Waals surface area contributed by atoms with Gasteiger partial charge in [0.2, 0.25) is 5.89 Å². The van der Waals surface area contributed by atoms with E-state index in [2.05, 4.69) is 56.6 Å². The van der Waals surface area contributed by atoms with Gasteiger partial charge in [-0.05, 0) is 49.9 Å². The molecule has 28 heavy (non-hydrogen) atoms. The lowest BCUT2D eigenvalue weighted by Crippen LogP contribution is -2.23. The Hall–Kier alpha value is -2.43. The van der Waals surface area contributed by atoms with E-state index in [4.69, 9.17) is 9.52 Å². The van der Waals surface area contributed by atoms with E-state index >= 15 is 0 Å². The highest BCUT2D eigenvalue weighted by atomic mass is 16.4. The minimum absolute atomic E-state index is 0.311. The molecule has 148 valence electrons. The molecule has 0 aromatic carbocycles. The Bertz CT molecular complexity index is 973. The fourth-order valence-corrected chi connectivity index (χ4v) is 4.63. The molecule has 2 heterocycles. The topological polar surface area (TPSA) is 56.7 Å². The molecule has 0 N–H and O–H groups in total. The molecule has 2 unspecified atom stereocenters. The Labute approximate surface area is 167 Å². The summed E-state index contributed by atoms with van der Waals surface area (Å²) in [6, 6.07) is 0. The van der Waals surface area contributed by atoms with Gasteiger partial charge < -0.3 is 4.42 Å². The van der Waals surface area contributed by atoms with E-state index in [9.17, 15) is 0 Å². The number of allylic oxidation sites excluding steroid dienone is 5. The van der Waals surface area contributed by atoms with Crippen LogP contribution < -0.4 is 0 Å². The number of fused-ring (bicyclic) bond motifs is 1. The molecule has 0 spiro atoms. The molecule has 0 radical (unpaired) electrons. The maximum Gasteiger partial charge on any atom is 0.268 e. The first-order chi connectivity index (χ1) is 13.3. The van der Waals surface area contributed by atoms with Gasteiger partial charge in [-0.2, -0.15) is 5.10 Å². The molecule has 2 aliphatic carbocycles. The molecule has 2 aromatic heterocycles. The molecule has 0 saturated heterocycles. The zero-order chi connectivity index (χ0) is 20.1. The Kier molecular flexibility index (Phi) is 4.64. The molecule has 0 bridgehead atoms. The predicted octanol–water partition coefficient (Wildman–Crippen LogP) is 5.16. The van der Waals surface area contributed by atoms with Gasteiger partial charge in [-0.1, -0.05) is 44.6 Å². The maximum atomic E-state index is 6.10. The summed E-state index contributed by atoms with van der Waals surface area (Å²) in [6.45, 7) is 12.9. The lowest BCUT2D eigenvalue weighted by Gasteiger charge is -2.29. The summed E-state index contributed by atoms with van der Waals surface area (Å²) in [4.78, 5) is 0. The van der Waals surface area contributed by atoms with E-state index < -0.39 is 0 Å². The number of hydrogen-bond acceptors (Lipinski definition) is 4. The van der Waals surface area contributed by atoms with Crippen LogP contribution in [-0.2, 0) is 19.9 Å². The van der Waals surface area contributed by atoms with Crippen molar-refractivity contribution in [2.45, 2.75) is 53.4 Å². The van der Waals surface area contributed by atoms with Crippen LogP contribution in [0, 0.1) is 17.3 Å². The second-order valence-electron chi connectivity index (χ2n) is 9.15. The number of rotatable bonds is 4. The first kappa shape index (κ1) is 18.9. The molecule has 0 aliphatic heterocycles. The third-order valence-corrected chi connectivity index (χ3v) is 6.31. The van der Waals surface area contributed by atoms with Crippen molar-refractivity contribution in [2.75, 3.05) is 0 Å². The van der Waals surface area contributed by atoms with Gasteiger partial charge in [0.05, 0.1) is 0 Å². The highest BCUT2D eigenvalue weighted by molar-refractivity contribution is 5.71. The standard InChI is InChI=1S/C23H30N4O/c1-7-8-17-14(2)11-16(12-15(17)3)21-24-25-22(28-21)20-18-9-10-23(4,5)13-19(18)27(6)26-20/h7,11-12,14,17H,1,8-10,13H2,2-6H3. The summed E-state index contributed by atoms with van der Waals surface area (Å²) in [5.41, 5.74) is 6.06. The molecular formula is C23H30N4O. The van der Waals surface area contributed by atoms with Crippen molar-refractivity contribution in [3.05, 3.63) is 47.5 Å². The summed E-state index contributed by atoms with van der Waals surface area (Å²) in [5, 5.41) is 13.4. The minimum Gasteiger partial charge on any atom is -0.415 e. The summed E-state index contributed by atoms with van der Waals surface area (Å²) in [5.74, 6) is 2.01. The second-order valence-corrected chi connectivity index (χ2v) is 9.15. The molecule has 4 rings (SSSR count). The van der Waals surface area contributed by atoms with Crippen molar-refractivity contribution in [3.63, 3.8) is 0 Å². The van der Waals surface area contributed by atoms with Gasteiger partial charge in [0.25, 0.3) is 5.89 Å². The number of hydrogen-bond donors (Lipinski definition) is 0. The first-order valence-corrected chi connectivity index (χ1v) is 10.2. The van der Waals surface area contributed by atoms with Crippen molar-refractivity contribution in [2.24, 2.45) is 24.3 Å². The van der Waals surface area contributed by atoms with E-state index in [1.807, 2.05) is 17.8 Å². The largest absolute Gasteiger partial charge is 0.415 e. The van der Waals surface area contributed by atoms with Crippen LogP contribution in [0.1, 0.15) is 57.7 Å². The van der Waals surface area contributed by atoms with E-state index in [0.29, 0.717) is 29.0 Å². The Balaban J connectivity index is 1.65. The summed E-state index contributed by atoms with van der Waals surface area (Å²) in [6.07, 6.45) is 10.6. The SMILES string of the molecule is C=CCC1C(C)=CC(c2nnc(-c3nn(C)c4c3CCC(C)(C)C4)o2)=CC1C. The van der Waals surface area contributed by atoms with Crippen LogP contribution in [0.2, 0.25) is 0 Å². The average molecular weight is 379 g/mol. The quantitative estimate of drug-likeness (QED) is 0.690. The van der Waals surface area contributed by atoms with Gasteiger partial charge in [-0.25, -0.2) is 0 Å². The molecule has 0 saturated carbocycles. The van der Waals surface area contributed by atoms with Crippen LogP contribution in [0.15, 0.2) is 34.8 Å². The van der Waals surface area contributed by atoms with Gasteiger partial charge >= 0.3 is 0 Å². The van der Waals surface area contributed by atoms with Gasteiger partial charge in [-0.3, -0.25) is 4.68 Å². The fourth-order valence-electron chi connectivity index (χ4n) is 4.63.